The molecule has 1 aromatic carbocycles. The Morgan fingerprint density at radius 1 is 1.33 bits per heavy atom. The molecule has 4 nitrogen and oxygen atoms in total. The van der Waals surface area contributed by atoms with Crippen molar-refractivity contribution in [1.29, 1.82) is 0 Å². The molecule has 0 atom stereocenters. The molecule has 0 aliphatic carbocycles. The lowest BCUT2D eigenvalue weighted by Gasteiger charge is -2.14. The van der Waals surface area contributed by atoms with E-state index in [0.29, 0.717) is 0 Å². The van der Waals surface area contributed by atoms with Crippen LogP contribution in [0.4, 0.5) is 0 Å². The summed E-state index contributed by atoms with van der Waals surface area (Å²) in [6, 6.07) is 7.83. The Bertz CT molecular complexity index is 632. The number of hydrogen-bond acceptors (Lipinski definition) is 4. The van der Waals surface area contributed by atoms with Crippen molar-refractivity contribution in [2.45, 2.75) is 12.8 Å². The predicted molar refractivity (Wildman–Crippen MR) is 86.4 cm³/mol. The molecule has 1 aliphatic rings. The molecule has 5 heteroatoms. The van der Waals surface area contributed by atoms with E-state index in [-0.39, 0.29) is 5.91 Å². The predicted octanol–water partition coefficient (Wildman–Crippen LogP) is 2.74. The third-order valence-corrected chi connectivity index (χ3v) is 4.96. The molecule has 2 heterocycles. The number of thiophene rings is 1. The smallest absolute Gasteiger partial charge is 0.261 e. The second kappa shape index (κ2) is 6.45. The molecule has 0 unspecified atom stereocenters. The first-order valence-corrected chi connectivity index (χ1v) is 8.16. The number of hydrogen-bond donors (Lipinski definition) is 1. The van der Waals surface area contributed by atoms with E-state index in [1.807, 2.05) is 24.3 Å². The number of amides is 1. The van der Waals surface area contributed by atoms with E-state index >= 15 is 0 Å². The molecule has 1 fully saturated rings. The van der Waals surface area contributed by atoms with Crippen molar-refractivity contribution < 1.29 is 9.53 Å². The second-order valence-electron chi connectivity index (χ2n) is 5.32. The van der Waals surface area contributed by atoms with Crippen molar-refractivity contribution in [3.63, 3.8) is 0 Å². The van der Waals surface area contributed by atoms with Gasteiger partial charge in [-0.3, -0.25) is 4.79 Å². The second-order valence-corrected chi connectivity index (χ2v) is 6.40. The van der Waals surface area contributed by atoms with Gasteiger partial charge in [0.25, 0.3) is 5.91 Å². The summed E-state index contributed by atoms with van der Waals surface area (Å²) in [5, 5.41) is 4.10. The van der Waals surface area contributed by atoms with Gasteiger partial charge in [-0.15, -0.1) is 11.3 Å². The Kier molecular flexibility index (Phi) is 4.41. The van der Waals surface area contributed by atoms with Crippen LogP contribution < -0.4 is 10.1 Å². The van der Waals surface area contributed by atoms with Crippen molar-refractivity contribution in [1.82, 2.24) is 10.2 Å². The highest BCUT2D eigenvalue weighted by Crippen LogP contribution is 2.29. The van der Waals surface area contributed by atoms with Crippen LogP contribution in [0.5, 0.6) is 5.75 Å². The van der Waals surface area contributed by atoms with Crippen LogP contribution in [-0.2, 0) is 0 Å². The number of carbonyl (C=O) groups is 1. The van der Waals surface area contributed by atoms with Gasteiger partial charge in [0, 0.05) is 17.8 Å². The molecule has 1 N–H and O–H groups in total. The fourth-order valence-electron chi connectivity index (χ4n) is 2.67. The maximum absolute atomic E-state index is 12.2. The van der Waals surface area contributed by atoms with Crippen LogP contribution in [0.3, 0.4) is 0 Å². The minimum Gasteiger partial charge on any atom is -0.497 e. The number of nitrogens with zero attached hydrogens (tertiary/aromatic N) is 1. The Morgan fingerprint density at radius 2 is 2.14 bits per heavy atom. The number of fused-ring (bicyclic) bond motifs is 1. The zero-order chi connectivity index (χ0) is 14.7. The summed E-state index contributed by atoms with van der Waals surface area (Å²) in [4.78, 5) is 15.4. The van der Waals surface area contributed by atoms with Crippen molar-refractivity contribution in [2.75, 3.05) is 33.3 Å². The van der Waals surface area contributed by atoms with Gasteiger partial charge in [0.2, 0.25) is 0 Å². The van der Waals surface area contributed by atoms with E-state index in [2.05, 4.69) is 10.2 Å². The molecule has 1 aliphatic heterocycles. The fraction of sp³-hybridized carbons (Fsp3) is 0.438. The lowest BCUT2D eigenvalue weighted by Crippen LogP contribution is -2.33. The van der Waals surface area contributed by atoms with Crippen molar-refractivity contribution in [3.8, 4) is 5.75 Å². The number of methoxy groups -OCH3 is 1. The molecule has 1 amide bonds. The number of likely N-dealkylation sites (tertiary alicyclic amines) is 1. The largest absolute Gasteiger partial charge is 0.497 e. The van der Waals surface area contributed by atoms with Gasteiger partial charge in [-0.2, -0.15) is 0 Å². The van der Waals surface area contributed by atoms with Crippen LogP contribution in [0.1, 0.15) is 22.5 Å². The molecular formula is C16H20N2O2S. The maximum Gasteiger partial charge on any atom is 0.261 e. The van der Waals surface area contributed by atoms with Gasteiger partial charge in [0.1, 0.15) is 5.75 Å². The maximum atomic E-state index is 12.2. The summed E-state index contributed by atoms with van der Waals surface area (Å²) in [5.41, 5.74) is 0. The molecule has 0 saturated carbocycles. The lowest BCUT2D eigenvalue weighted by atomic mass is 10.2. The minimum absolute atomic E-state index is 0.0226. The van der Waals surface area contributed by atoms with Gasteiger partial charge in [-0.05, 0) is 55.6 Å². The third-order valence-electron chi connectivity index (χ3n) is 3.86. The quantitative estimate of drug-likeness (QED) is 0.923. The fourth-order valence-corrected chi connectivity index (χ4v) is 3.68. The van der Waals surface area contributed by atoms with Crippen molar-refractivity contribution in [3.05, 3.63) is 29.1 Å². The summed E-state index contributed by atoms with van der Waals surface area (Å²) in [7, 11) is 1.65. The molecule has 0 bridgehead atoms. The summed E-state index contributed by atoms with van der Waals surface area (Å²) in [6.07, 6.45) is 2.57. The third kappa shape index (κ3) is 3.36. The molecule has 0 spiro atoms. The van der Waals surface area contributed by atoms with E-state index < -0.39 is 0 Å². The molecule has 2 aromatic rings. The van der Waals surface area contributed by atoms with Crippen LogP contribution in [-0.4, -0.2) is 44.1 Å². The van der Waals surface area contributed by atoms with Gasteiger partial charge < -0.3 is 15.0 Å². The van der Waals surface area contributed by atoms with Gasteiger partial charge >= 0.3 is 0 Å². The van der Waals surface area contributed by atoms with Gasteiger partial charge in [0.15, 0.2) is 0 Å². The Balaban J connectivity index is 1.61. The Hall–Kier alpha value is -1.59. The number of benzene rings is 1. The average Bonchev–Trinajstić information content (AvgIpc) is 3.15. The first kappa shape index (κ1) is 14.4. The van der Waals surface area contributed by atoms with E-state index in [9.17, 15) is 4.79 Å². The van der Waals surface area contributed by atoms with Crippen molar-refractivity contribution in [2.24, 2.45) is 0 Å². The van der Waals surface area contributed by atoms with Crippen LogP contribution in [0.25, 0.3) is 10.1 Å². The average molecular weight is 304 g/mol. The first-order chi connectivity index (χ1) is 10.3. The molecule has 21 heavy (non-hydrogen) atoms. The molecular weight excluding hydrogens is 284 g/mol. The molecule has 112 valence electrons. The van der Waals surface area contributed by atoms with E-state index in [1.54, 1.807) is 7.11 Å². The van der Waals surface area contributed by atoms with Crippen LogP contribution >= 0.6 is 11.3 Å². The van der Waals surface area contributed by atoms with Crippen LogP contribution in [0, 0.1) is 0 Å². The topological polar surface area (TPSA) is 41.6 Å². The Labute approximate surface area is 128 Å². The highest BCUT2D eigenvalue weighted by Gasteiger charge is 2.13. The minimum atomic E-state index is 0.0226. The summed E-state index contributed by atoms with van der Waals surface area (Å²) < 4.78 is 6.30. The number of ether oxygens (including phenoxy) is 1. The van der Waals surface area contributed by atoms with Gasteiger partial charge in [0.05, 0.1) is 12.0 Å². The molecule has 1 aromatic heterocycles. The highest BCUT2D eigenvalue weighted by molar-refractivity contribution is 7.20. The van der Waals surface area contributed by atoms with E-state index in [0.717, 1.165) is 33.8 Å². The van der Waals surface area contributed by atoms with Crippen LogP contribution in [0.2, 0.25) is 0 Å². The number of nitrogens with one attached hydrogen (secondary N) is 1. The van der Waals surface area contributed by atoms with Gasteiger partial charge in [-0.1, -0.05) is 0 Å². The SMILES string of the molecule is COc1ccc2cc(C(=O)NCCN3CCCC3)sc2c1. The number of carbonyl (C=O) groups excluding carboxylic acids is 1. The standard InChI is InChI=1S/C16H20N2O2S/c1-20-13-5-4-12-10-15(21-14(12)11-13)16(19)17-6-9-18-7-2-3-8-18/h4-5,10-11H,2-3,6-9H2,1H3,(H,17,19). The monoisotopic (exact) mass is 304 g/mol. The zero-order valence-electron chi connectivity index (χ0n) is 12.2. The first-order valence-electron chi connectivity index (χ1n) is 7.34. The number of rotatable bonds is 5. The summed E-state index contributed by atoms with van der Waals surface area (Å²) in [5.74, 6) is 0.847. The molecule has 3 rings (SSSR count). The molecule has 0 radical (unpaired) electrons. The highest BCUT2D eigenvalue weighted by atomic mass is 32.1. The van der Waals surface area contributed by atoms with Gasteiger partial charge in [-0.25, -0.2) is 0 Å². The van der Waals surface area contributed by atoms with E-state index in [4.69, 9.17) is 4.74 Å². The normalized spacial score (nSPS) is 15.5. The van der Waals surface area contributed by atoms with E-state index in [1.165, 1.54) is 37.3 Å². The summed E-state index contributed by atoms with van der Waals surface area (Å²) >= 11 is 1.51. The lowest BCUT2D eigenvalue weighted by molar-refractivity contribution is 0.0954. The van der Waals surface area contributed by atoms with Crippen molar-refractivity contribution >= 4 is 27.3 Å². The molecule has 1 saturated heterocycles. The van der Waals surface area contributed by atoms with Crippen LogP contribution in [0.15, 0.2) is 24.3 Å². The zero-order valence-corrected chi connectivity index (χ0v) is 13.0. The summed E-state index contributed by atoms with van der Waals surface area (Å²) in [6.45, 7) is 4.00. The Morgan fingerprint density at radius 3 is 2.90 bits per heavy atom.